The smallest absolute Gasteiger partial charge is 0.227 e. The largest absolute Gasteiger partial charge is 0.355 e. The van der Waals surface area contributed by atoms with Crippen LogP contribution >= 0.6 is 0 Å². The first-order valence-corrected chi connectivity index (χ1v) is 9.70. The summed E-state index contributed by atoms with van der Waals surface area (Å²) in [5, 5.41) is 2.76. The highest BCUT2D eigenvalue weighted by atomic mass is 32.2. The minimum atomic E-state index is -2.96. The Morgan fingerprint density at radius 2 is 2.00 bits per heavy atom. The molecule has 2 fully saturated rings. The molecule has 1 aromatic carbocycles. The van der Waals surface area contributed by atoms with Crippen molar-refractivity contribution >= 4 is 27.3 Å². The van der Waals surface area contributed by atoms with Crippen molar-refractivity contribution < 1.29 is 22.4 Å². The Morgan fingerprint density at radius 3 is 2.62 bits per heavy atom. The molecule has 8 heteroatoms. The van der Waals surface area contributed by atoms with E-state index in [-0.39, 0.29) is 48.0 Å². The molecule has 0 spiro atoms. The lowest BCUT2D eigenvalue weighted by molar-refractivity contribution is -0.126. The molecule has 2 saturated heterocycles. The Hall–Kier alpha value is -1.96. The van der Waals surface area contributed by atoms with Crippen LogP contribution in [0.25, 0.3) is 0 Å². The first-order valence-electron chi connectivity index (χ1n) is 7.88. The van der Waals surface area contributed by atoms with Gasteiger partial charge in [-0.05, 0) is 36.6 Å². The molecule has 1 N–H and O–H groups in total. The molecule has 3 rings (SSSR count). The van der Waals surface area contributed by atoms with Crippen LogP contribution in [0.3, 0.4) is 0 Å². The summed E-state index contributed by atoms with van der Waals surface area (Å²) in [6, 6.07) is 5.57. The molecule has 130 valence electrons. The van der Waals surface area contributed by atoms with E-state index < -0.39 is 15.8 Å². The van der Waals surface area contributed by atoms with Crippen LogP contribution in [0.5, 0.6) is 0 Å². The third-order valence-electron chi connectivity index (χ3n) is 4.53. The van der Waals surface area contributed by atoms with Gasteiger partial charge < -0.3 is 10.2 Å². The average molecular weight is 354 g/mol. The number of amides is 2. The van der Waals surface area contributed by atoms with E-state index in [4.69, 9.17) is 0 Å². The molecule has 0 radical (unpaired) electrons. The van der Waals surface area contributed by atoms with Crippen molar-refractivity contribution in [3.8, 4) is 0 Å². The number of halogens is 1. The second-order valence-electron chi connectivity index (χ2n) is 6.40. The summed E-state index contributed by atoms with van der Waals surface area (Å²) in [6.07, 6.45) is 0.667. The van der Waals surface area contributed by atoms with Crippen molar-refractivity contribution in [1.29, 1.82) is 0 Å². The Morgan fingerprint density at radius 1 is 1.29 bits per heavy atom. The zero-order valence-corrected chi connectivity index (χ0v) is 13.9. The number of hydrogen-bond donors (Lipinski definition) is 1. The quantitative estimate of drug-likeness (QED) is 0.864. The normalized spacial score (nSPS) is 25.9. The molecular weight excluding hydrogens is 335 g/mol. The third kappa shape index (κ3) is 3.75. The molecule has 2 heterocycles. The van der Waals surface area contributed by atoms with Crippen molar-refractivity contribution in [2.45, 2.75) is 12.8 Å². The van der Waals surface area contributed by atoms with E-state index in [0.29, 0.717) is 18.7 Å². The maximum Gasteiger partial charge on any atom is 0.227 e. The molecule has 0 aromatic heterocycles. The molecule has 0 unspecified atom stereocenters. The van der Waals surface area contributed by atoms with Gasteiger partial charge in [-0.25, -0.2) is 12.8 Å². The van der Waals surface area contributed by atoms with E-state index in [9.17, 15) is 22.4 Å². The zero-order valence-electron chi connectivity index (χ0n) is 13.1. The SMILES string of the molecule is O=C(NC[C@H]1CCS(=O)(=O)C1)[C@H]1CC(=O)N(c2ccc(F)cc2)C1. The van der Waals surface area contributed by atoms with Gasteiger partial charge in [0.05, 0.1) is 17.4 Å². The monoisotopic (exact) mass is 354 g/mol. The van der Waals surface area contributed by atoms with Crippen molar-refractivity contribution in [1.82, 2.24) is 5.32 Å². The zero-order chi connectivity index (χ0) is 17.3. The van der Waals surface area contributed by atoms with E-state index in [1.54, 1.807) is 0 Å². The first-order chi connectivity index (χ1) is 11.3. The number of hydrogen-bond acceptors (Lipinski definition) is 4. The fourth-order valence-corrected chi connectivity index (χ4v) is 5.04. The van der Waals surface area contributed by atoms with Crippen LogP contribution in [-0.4, -0.2) is 44.8 Å². The molecular formula is C16H19FN2O4S. The van der Waals surface area contributed by atoms with Crippen molar-refractivity contribution in [2.75, 3.05) is 29.5 Å². The highest BCUT2D eigenvalue weighted by molar-refractivity contribution is 7.91. The number of carbonyl (C=O) groups excluding carboxylic acids is 2. The third-order valence-corrected chi connectivity index (χ3v) is 6.36. The molecule has 0 bridgehead atoms. The average Bonchev–Trinajstić information content (AvgIpc) is 3.08. The highest BCUT2D eigenvalue weighted by Crippen LogP contribution is 2.25. The Kier molecular flexibility index (Phi) is 4.58. The van der Waals surface area contributed by atoms with E-state index >= 15 is 0 Å². The fourth-order valence-electron chi connectivity index (χ4n) is 3.18. The maximum atomic E-state index is 13.0. The predicted octanol–water partition coefficient (Wildman–Crippen LogP) is 0.730. The van der Waals surface area contributed by atoms with Gasteiger partial charge in [0.1, 0.15) is 5.82 Å². The van der Waals surface area contributed by atoms with Crippen molar-refractivity contribution in [3.63, 3.8) is 0 Å². The maximum absolute atomic E-state index is 13.0. The van der Waals surface area contributed by atoms with Gasteiger partial charge in [-0.2, -0.15) is 0 Å². The lowest BCUT2D eigenvalue weighted by Gasteiger charge is -2.17. The molecule has 2 aliphatic heterocycles. The fraction of sp³-hybridized carbons (Fsp3) is 0.500. The number of nitrogens with one attached hydrogen (secondary N) is 1. The number of sulfone groups is 1. The predicted molar refractivity (Wildman–Crippen MR) is 86.6 cm³/mol. The first kappa shape index (κ1) is 16.9. The summed E-state index contributed by atoms with van der Waals surface area (Å²) in [5.74, 6) is -1.04. The lowest BCUT2D eigenvalue weighted by atomic mass is 10.1. The van der Waals surface area contributed by atoms with Gasteiger partial charge in [0, 0.05) is 25.2 Å². The highest BCUT2D eigenvalue weighted by Gasteiger charge is 2.36. The Labute approximate surface area is 139 Å². The van der Waals surface area contributed by atoms with Gasteiger partial charge in [-0.3, -0.25) is 9.59 Å². The second-order valence-corrected chi connectivity index (χ2v) is 8.62. The molecule has 2 atom stereocenters. The number of anilines is 1. The summed E-state index contributed by atoms with van der Waals surface area (Å²) in [4.78, 5) is 25.8. The number of nitrogens with zero attached hydrogens (tertiary/aromatic N) is 1. The number of benzene rings is 1. The van der Waals surface area contributed by atoms with Crippen LogP contribution < -0.4 is 10.2 Å². The van der Waals surface area contributed by atoms with Gasteiger partial charge in [0.25, 0.3) is 0 Å². The van der Waals surface area contributed by atoms with Gasteiger partial charge in [-0.15, -0.1) is 0 Å². The van der Waals surface area contributed by atoms with E-state index in [1.807, 2.05) is 0 Å². The summed E-state index contributed by atoms with van der Waals surface area (Å²) < 4.78 is 35.8. The molecule has 2 aliphatic rings. The van der Waals surface area contributed by atoms with Gasteiger partial charge in [-0.1, -0.05) is 0 Å². The second kappa shape index (κ2) is 6.51. The van der Waals surface area contributed by atoms with Gasteiger partial charge in [0.2, 0.25) is 11.8 Å². The van der Waals surface area contributed by atoms with Crippen LogP contribution in [0.4, 0.5) is 10.1 Å². The molecule has 0 aliphatic carbocycles. The Bertz CT molecular complexity index is 748. The summed E-state index contributed by atoms with van der Waals surface area (Å²) in [5.41, 5.74) is 0.568. The minimum Gasteiger partial charge on any atom is -0.355 e. The molecule has 6 nitrogen and oxygen atoms in total. The van der Waals surface area contributed by atoms with Crippen LogP contribution in [0.15, 0.2) is 24.3 Å². The van der Waals surface area contributed by atoms with Gasteiger partial charge >= 0.3 is 0 Å². The number of rotatable bonds is 4. The Balaban J connectivity index is 1.55. The van der Waals surface area contributed by atoms with Crippen molar-refractivity contribution in [2.24, 2.45) is 11.8 Å². The van der Waals surface area contributed by atoms with Gasteiger partial charge in [0.15, 0.2) is 9.84 Å². The lowest BCUT2D eigenvalue weighted by Crippen LogP contribution is -2.36. The van der Waals surface area contributed by atoms with Crippen molar-refractivity contribution in [3.05, 3.63) is 30.1 Å². The van der Waals surface area contributed by atoms with Crippen LogP contribution in [0.2, 0.25) is 0 Å². The molecule has 0 saturated carbocycles. The standard InChI is InChI=1S/C16H19FN2O4S/c17-13-1-3-14(4-2-13)19-9-12(7-15(19)20)16(21)18-8-11-5-6-24(22,23)10-11/h1-4,11-12H,5-10H2,(H,18,21)/t11-,12+/m1/s1. The summed E-state index contributed by atoms with van der Waals surface area (Å²) >= 11 is 0. The number of carbonyl (C=O) groups is 2. The van der Waals surface area contributed by atoms with Crippen LogP contribution in [0.1, 0.15) is 12.8 Å². The minimum absolute atomic E-state index is 0.0516. The van der Waals surface area contributed by atoms with E-state index in [2.05, 4.69) is 5.32 Å². The topological polar surface area (TPSA) is 83.5 Å². The van der Waals surface area contributed by atoms with Crippen LogP contribution in [0, 0.1) is 17.7 Å². The van der Waals surface area contributed by atoms with E-state index in [1.165, 1.54) is 29.2 Å². The molecule has 1 aromatic rings. The van der Waals surface area contributed by atoms with Crippen LogP contribution in [-0.2, 0) is 19.4 Å². The molecule has 24 heavy (non-hydrogen) atoms. The summed E-state index contributed by atoms with van der Waals surface area (Å²) in [6.45, 7) is 0.568. The summed E-state index contributed by atoms with van der Waals surface area (Å²) in [7, 11) is -2.96. The molecule has 2 amide bonds. The van der Waals surface area contributed by atoms with E-state index in [0.717, 1.165) is 0 Å².